The number of nitrogens with zero attached hydrogens (tertiary/aromatic N) is 2. The quantitative estimate of drug-likeness (QED) is 0.230. The molecule has 4 atom stereocenters. The van der Waals surface area contributed by atoms with Crippen molar-refractivity contribution in [3.8, 4) is 0 Å². The summed E-state index contributed by atoms with van der Waals surface area (Å²) in [5.41, 5.74) is 1.04. The summed E-state index contributed by atoms with van der Waals surface area (Å²) in [4.78, 5) is 32.4. The van der Waals surface area contributed by atoms with E-state index in [1.807, 2.05) is 24.3 Å². The summed E-state index contributed by atoms with van der Waals surface area (Å²) in [7, 11) is 1.63. The molecule has 0 bridgehead atoms. The summed E-state index contributed by atoms with van der Waals surface area (Å²) in [6.45, 7) is 4.98. The molecule has 2 N–H and O–H groups in total. The van der Waals surface area contributed by atoms with Crippen LogP contribution in [0.1, 0.15) is 62.0 Å². The Morgan fingerprint density at radius 3 is 2.60 bits per heavy atom. The molecule has 6 nitrogen and oxygen atoms in total. The van der Waals surface area contributed by atoms with Crippen LogP contribution in [0.2, 0.25) is 0 Å². The fraction of sp³-hybridized carbons (Fsp3) is 0.581. The van der Waals surface area contributed by atoms with Gasteiger partial charge in [0.25, 0.3) is 0 Å². The molecule has 0 spiro atoms. The second kappa shape index (κ2) is 13.1. The number of aliphatic imine (C=N–C) groups is 1. The zero-order valence-electron chi connectivity index (χ0n) is 23.3. The molecule has 1 aromatic carbocycles. The zero-order valence-corrected chi connectivity index (χ0v) is 23.3. The first kappa shape index (κ1) is 30.0. The Labute approximate surface area is 235 Å². The van der Waals surface area contributed by atoms with Crippen LogP contribution in [-0.4, -0.2) is 68.4 Å². The van der Waals surface area contributed by atoms with Gasteiger partial charge in [-0.3, -0.25) is 14.6 Å². The van der Waals surface area contributed by atoms with Crippen LogP contribution in [0, 0.1) is 11.8 Å². The summed E-state index contributed by atoms with van der Waals surface area (Å²) in [6, 6.07) is 7.95. The van der Waals surface area contributed by atoms with Gasteiger partial charge in [0, 0.05) is 32.4 Å². The first-order valence-corrected chi connectivity index (χ1v) is 14.4. The minimum Gasteiger partial charge on any atom is -0.352 e. The lowest BCUT2D eigenvalue weighted by Gasteiger charge is -2.38. The Kier molecular flexibility index (Phi) is 9.87. The highest BCUT2D eigenvalue weighted by molar-refractivity contribution is 5.95. The zero-order chi connectivity index (χ0) is 28.8. The molecule has 40 heavy (non-hydrogen) atoms. The molecular formula is C31H41F3N4O2. The van der Waals surface area contributed by atoms with Crippen LogP contribution in [0.3, 0.4) is 0 Å². The van der Waals surface area contributed by atoms with Crippen LogP contribution in [-0.2, 0) is 15.0 Å². The second-order valence-electron chi connectivity index (χ2n) is 11.3. The fourth-order valence-corrected chi connectivity index (χ4v) is 6.93. The predicted molar refractivity (Wildman–Crippen MR) is 151 cm³/mol. The van der Waals surface area contributed by atoms with E-state index in [4.69, 9.17) is 0 Å². The third-order valence-electron chi connectivity index (χ3n) is 8.86. The highest BCUT2D eigenvalue weighted by Gasteiger charge is 2.56. The smallest absolute Gasteiger partial charge is 0.352 e. The lowest BCUT2D eigenvalue weighted by Crippen LogP contribution is -2.50. The maximum Gasteiger partial charge on any atom is 0.405 e. The van der Waals surface area contributed by atoms with Gasteiger partial charge >= 0.3 is 6.18 Å². The molecule has 218 valence electrons. The number of fused-ring (bicyclic) bond motifs is 3. The van der Waals surface area contributed by atoms with E-state index in [1.54, 1.807) is 19.3 Å². The number of piperidine rings is 1. The number of likely N-dealkylation sites (tertiary alicyclic amines) is 1. The van der Waals surface area contributed by atoms with Gasteiger partial charge in [-0.2, -0.15) is 13.2 Å². The number of rotatable bonds is 11. The molecule has 2 aliphatic carbocycles. The van der Waals surface area contributed by atoms with E-state index in [2.05, 4.69) is 39.3 Å². The third kappa shape index (κ3) is 6.67. The number of carbonyl (C=O) groups excluding carboxylic acids is 2. The van der Waals surface area contributed by atoms with Gasteiger partial charge < -0.3 is 15.5 Å². The van der Waals surface area contributed by atoms with Crippen molar-refractivity contribution in [2.24, 2.45) is 16.8 Å². The molecule has 1 aliphatic heterocycles. The summed E-state index contributed by atoms with van der Waals surface area (Å²) >= 11 is 0. The van der Waals surface area contributed by atoms with Crippen LogP contribution in [0.4, 0.5) is 13.2 Å². The van der Waals surface area contributed by atoms with Crippen LogP contribution < -0.4 is 10.6 Å². The van der Waals surface area contributed by atoms with Crippen LogP contribution >= 0.6 is 0 Å². The number of unbranched alkanes of at least 4 members (excludes halogenated alkanes) is 1. The SMILES string of the molecule is C=CC(C=NC)C(=O)NC1CCN(CCCCC2(C(=O)NCC(F)(F)F)c3ccccc3C3CC=CCC32)CC1. The molecule has 1 aromatic rings. The number of benzene rings is 1. The lowest BCUT2D eigenvalue weighted by atomic mass is 9.66. The van der Waals surface area contributed by atoms with Crippen molar-refractivity contribution in [3.05, 3.63) is 60.2 Å². The van der Waals surface area contributed by atoms with Crippen molar-refractivity contribution < 1.29 is 22.8 Å². The van der Waals surface area contributed by atoms with Crippen molar-refractivity contribution >= 4 is 18.0 Å². The van der Waals surface area contributed by atoms with Crippen LogP contribution in [0.25, 0.3) is 0 Å². The number of nitrogens with one attached hydrogen (secondary N) is 2. The maximum absolute atomic E-state index is 13.7. The van der Waals surface area contributed by atoms with E-state index >= 15 is 0 Å². The molecule has 1 fully saturated rings. The lowest BCUT2D eigenvalue weighted by molar-refractivity contribution is -0.143. The van der Waals surface area contributed by atoms with Crippen LogP contribution in [0.5, 0.6) is 0 Å². The molecule has 0 radical (unpaired) electrons. The highest BCUT2D eigenvalue weighted by Crippen LogP contribution is 2.57. The van der Waals surface area contributed by atoms with Gasteiger partial charge in [0.05, 0.1) is 11.3 Å². The molecule has 1 heterocycles. The number of hydrogen-bond acceptors (Lipinski definition) is 4. The van der Waals surface area contributed by atoms with Crippen molar-refractivity contribution in [2.75, 3.05) is 33.2 Å². The van der Waals surface area contributed by atoms with Gasteiger partial charge in [-0.05, 0) is 68.0 Å². The molecule has 9 heteroatoms. The van der Waals surface area contributed by atoms with E-state index in [0.29, 0.717) is 12.8 Å². The molecule has 0 saturated carbocycles. The molecule has 1 saturated heterocycles. The predicted octanol–water partition coefficient (Wildman–Crippen LogP) is 4.92. The normalized spacial score (nSPS) is 25.8. The van der Waals surface area contributed by atoms with E-state index in [-0.39, 0.29) is 23.8 Å². The van der Waals surface area contributed by atoms with Gasteiger partial charge in [0.15, 0.2) is 0 Å². The average molecular weight is 559 g/mol. The number of alkyl halides is 3. The van der Waals surface area contributed by atoms with Gasteiger partial charge in [0.1, 0.15) is 6.54 Å². The number of carbonyl (C=O) groups is 2. The van der Waals surface area contributed by atoms with Crippen molar-refractivity contribution in [2.45, 2.75) is 68.5 Å². The summed E-state index contributed by atoms with van der Waals surface area (Å²) in [5.74, 6) is -0.900. The van der Waals surface area contributed by atoms with Gasteiger partial charge in [-0.1, -0.05) is 48.9 Å². The van der Waals surface area contributed by atoms with Crippen molar-refractivity contribution in [1.82, 2.24) is 15.5 Å². The minimum absolute atomic E-state index is 0.0420. The Morgan fingerprint density at radius 2 is 1.90 bits per heavy atom. The Balaban J connectivity index is 1.37. The largest absolute Gasteiger partial charge is 0.405 e. The Morgan fingerprint density at radius 1 is 1.18 bits per heavy atom. The Hall–Kier alpha value is -2.94. The summed E-state index contributed by atoms with van der Waals surface area (Å²) in [6.07, 6.45) is 8.25. The van der Waals surface area contributed by atoms with Crippen molar-refractivity contribution in [3.63, 3.8) is 0 Å². The Bertz CT molecular complexity index is 1110. The molecule has 0 aromatic heterocycles. The average Bonchev–Trinajstić information content (AvgIpc) is 3.24. The molecule has 4 unspecified atom stereocenters. The number of hydrogen-bond donors (Lipinski definition) is 2. The van der Waals surface area contributed by atoms with Gasteiger partial charge in [-0.15, -0.1) is 6.58 Å². The van der Waals surface area contributed by atoms with E-state index in [1.165, 1.54) is 0 Å². The van der Waals surface area contributed by atoms with E-state index < -0.39 is 30.0 Å². The second-order valence-corrected chi connectivity index (χ2v) is 11.3. The third-order valence-corrected chi connectivity index (χ3v) is 8.86. The first-order chi connectivity index (χ1) is 19.2. The van der Waals surface area contributed by atoms with Gasteiger partial charge in [-0.25, -0.2) is 0 Å². The van der Waals surface area contributed by atoms with E-state index in [9.17, 15) is 22.8 Å². The van der Waals surface area contributed by atoms with Crippen LogP contribution in [0.15, 0.2) is 54.1 Å². The molecule has 3 aliphatic rings. The molecule has 4 rings (SSSR count). The number of amides is 2. The highest BCUT2D eigenvalue weighted by atomic mass is 19.4. The number of halogens is 3. The van der Waals surface area contributed by atoms with E-state index in [0.717, 1.165) is 62.9 Å². The fourth-order valence-electron chi connectivity index (χ4n) is 6.93. The van der Waals surface area contributed by atoms with Gasteiger partial charge in [0.2, 0.25) is 11.8 Å². The standard InChI is InChI=1S/C31H41F3N4O2/c1-3-22(20-35-2)28(39)37-23-14-18-38(19-15-23)17-9-8-16-30(29(40)36-21-31(32,33)34)26-12-6-4-10-24(26)25-11-5-7-13-27(25)30/h3-7,10,12,20,22-23,25,27H,1,8-9,11,13-19,21H2,2H3,(H,36,40)(H,37,39). The first-order valence-electron chi connectivity index (χ1n) is 14.4. The monoisotopic (exact) mass is 558 g/mol. The molecule has 2 amide bonds. The summed E-state index contributed by atoms with van der Waals surface area (Å²) < 4.78 is 39.3. The topological polar surface area (TPSA) is 73.8 Å². The minimum atomic E-state index is -4.46. The molecular weight excluding hydrogens is 517 g/mol. The summed E-state index contributed by atoms with van der Waals surface area (Å²) in [5, 5.41) is 5.36. The number of allylic oxidation sites excluding steroid dienone is 2. The maximum atomic E-state index is 13.7. The van der Waals surface area contributed by atoms with Crippen molar-refractivity contribution in [1.29, 1.82) is 0 Å².